The van der Waals surface area contributed by atoms with Crippen LogP contribution < -0.4 is 16.0 Å². The van der Waals surface area contributed by atoms with Crippen molar-refractivity contribution in [3.8, 4) is 0 Å². The van der Waals surface area contributed by atoms with Crippen molar-refractivity contribution in [2.45, 2.75) is 4.90 Å². The van der Waals surface area contributed by atoms with Crippen molar-refractivity contribution in [1.82, 2.24) is 9.71 Å². The molecule has 0 bridgehead atoms. The second-order valence-corrected chi connectivity index (χ2v) is 6.41. The molecule has 1 heterocycles. The van der Waals surface area contributed by atoms with E-state index >= 15 is 0 Å². The van der Waals surface area contributed by atoms with Gasteiger partial charge in [-0.1, -0.05) is 22.9 Å². The topological polar surface area (TPSA) is 121 Å². The molecule has 9 heteroatoms. The second kappa shape index (κ2) is 5.29. The summed E-state index contributed by atoms with van der Waals surface area (Å²) in [6, 6.07) is 11.7. The van der Waals surface area contributed by atoms with Crippen molar-refractivity contribution in [2.75, 3.05) is 4.72 Å². The summed E-state index contributed by atoms with van der Waals surface area (Å²) in [5.41, 5.74) is -1.59. The fourth-order valence-corrected chi connectivity index (χ4v) is 3.15. The van der Waals surface area contributed by atoms with Gasteiger partial charge in [-0.3, -0.25) is 9.52 Å². The number of aromatic nitrogens is 2. The van der Waals surface area contributed by atoms with E-state index in [0.717, 1.165) is 0 Å². The first-order valence-corrected chi connectivity index (χ1v) is 7.93. The number of aromatic amines is 1. The van der Waals surface area contributed by atoms with Gasteiger partial charge in [0.15, 0.2) is 0 Å². The summed E-state index contributed by atoms with van der Waals surface area (Å²) in [6.45, 7) is 0. The Morgan fingerprint density at radius 2 is 1.74 bits per heavy atom. The maximum atomic E-state index is 12.2. The molecule has 118 valence electrons. The lowest BCUT2D eigenvalue weighted by atomic mass is 10.2. The first-order valence-electron chi connectivity index (χ1n) is 6.45. The van der Waals surface area contributed by atoms with Crippen LogP contribution in [-0.4, -0.2) is 23.3 Å². The monoisotopic (exact) mass is 333 g/mol. The number of hydrogen-bond acceptors (Lipinski definition) is 5. The Morgan fingerprint density at radius 3 is 2.43 bits per heavy atom. The minimum Gasteiger partial charge on any atom is -0.421 e. The Balaban J connectivity index is 2.09. The minimum absolute atomic E-state index is 0.0274. The van der Waals surface area contributed by atoms with Crippen LogP contribution in [0.25, 0.3) is 10.9 Å². The molecule has 3 rings (SSSR count). The second-order valence-electron chi connectivity index (χ2n) is 4.73. The average Bonchev–Trinajstić information content (AvgIpc) is 2.54. The fourth-order valence-electron chi connectivity index (χ4n) is 2.08. The highest BCUT2D eigenvalue weighted by Crippen LogP contribution is 2.18. The molecule has 0 fully saturated rings. The van der Waals surface area contributed by atoms with Crippen molar-refractivity contribution in [1.29, 1.82) is 0 Å². The third kappa shape index (κ3) is 2.69. The van der Waals surface area contributed by atoms with Gasteiger partial charge in [-0.2, -0.15) is 0 Å². The summed E-state index contributed by atoms with van der Waals surface area (Å²) < 4.78 is 26.8. The van der Waals surface area contributed by atoms with E-state index in [1.807, 2.05) is 0 Å². The van der Waals surface area contributed by atoms with Gasteiger partial charge in [0.05, 0.1) is 15.8 Å². The number of anilines is 1. The summed E-state index contributed by atoms with van der Waals surface area (Å²) in [5.74, 6) is 0. The molecule has 0 aliphatic carbocycles. The first-order chi connectivity index (χ1) is 10.9. The fraction of sp³-hybridized carbons (Fsp3) is 0. The number of benzene rings is 2. The van der Waals surface area contributed by atoms with Gasteiger partial charge in [0.2, 0.25) is 0 Å². The molecule has 3 aromatic rings. The van der Waals surface area contributed by atoms with E-state index in [1.165, 1.54) is 30.3 Å². The van der Waals surface area contributed by atoms with Crippen LogP contribution in [0.4, 0.5) is 5.69 Å². The van der Waals surface area contributed by atoms with E-state index in [9.17, 15) is 23.2 Å². The molecule has 0 saturated heterocycles. The highest BCUT2D eigenvalue weighted by atomic mass is 32.2. The molecule has 0 aliphatic rings. The Kier molecular flexibility index (Phi) is 3.41. The largest absolute Gasteiger partial charge is 0.421 e. The third-order valence-corrected chi connectivity index (χ3v) is 4.58. The van der Waals surface area contributed by atoms with Gasteiger partial charge in [0.1, 0.15) is 0 Å². The van der Waals surface area contributed by atoms with Crippen LogP contribution in [0.5, 0.6) is 0 Å². The maximum Gasteiger partial charge on any atom is 0.362 e. The van der Waals surface area contributed by atoms with Crippen LogP contribution in [0.3, 0.4) is 0 Å². The number of nitrogens with one attached hydrogen (secondary N) is 2. The quantitative estimate of drug-likeness (QED) is 0.610. The predicted molar refractivity (Wildman–Crippen MR) is 83.3 cm³/mol. The average molecular weight is 333 g/mol. The SMILES string of the molecule is O=c1[nH]c2ccc(NS(=O)(=O)c3ccccc3)cc2c(=O)n1O. The zero-order chi connectivity index (χ0) is 16.6. The van der Waals surface area contributed by atoms with Crippen molar-refractivity contribution in [3.05, 3.63) is 69.4 Å². The molecular formula is C14H11N3O5S. The number of rotatable bonds is 3. The summed E-state index contributed by atoms with van der Waals surface area (Å²) in [4.78, 5) is 25.5. The molecule has 0 radical (unpaired) electrons. The molecule has 0 amide bonds. The Hall–Kier alpha value is -3.07. The van der Waals surface area contributed by atoms with E-state index in [0.29, 0.717) is 0 Å². The van der Waals surface area contributed by atoms with Crippen molar-refractivity contribution < 1.29 is 13.6 Å². The lowest BCUT2D eigenvalue weighted by Crippen LogP contribution is -2.33. The van der Waals surface area contributed by atoms with Crippen LogP contribution in [0.1, 0.15) is 0 Å². The number of nitrogens with zero attached hydrogens (tertiary/aromatic N) is 1. The van der Waals surface area contributed by atoms with Crippen molar-refractivity contribution in [2.24, 2.45) is 0 Å². The molecule has 2 aromatic carbocycles. The molecule has 1 aromatic heterocycles. The van der Waals surface area contributed by atoms with E-state index in [1.54, 1.807) is 18.2 Å². The Bertz CT molecular complexity index is 1100. The standard InChI is InChI=1S/C14H11N3O5S/c18-13-11-8-9(6-7-12(11)15-14(19)17(13)20)16-23(21,22)10-4-2-1-3-5-10/h1-8,16,20H,(H,15,19). The van der Waals surface area contributed by atoms with Gasteiger partial charge in [-0.15, -0.1) is 0 Å². The molecule has 8 nitrogen and oxygen atoms in total. The maximum absolute atomic E-state index is 12.2. The van der Waals surface area contributed by atoms with Crippen LogP contribution >= 0.6 is 0 Å². The van der Waals surface area contributed by atoms with Gasteiger partial charge in [0.25, 0.3) is 15.6 Å². The van der Waals surface area contributed by atoms with E-state index in [2.05, 4.69) is 9.71 Å². The van der Waals surface area contributed by atoms with Gasteiger partial charge < -0.3 is 10.2 Å². The van der Waals surface area contributed by atoms with Gasteiger partial charge in [-0.25, -0.2) is 13.2 Å². The summed E-state index contributed by atoms with van der Waals surface area (Å²) >= 11 is 0. The highest BCUT2D eigenvalue weighted by molar-refractivity contribution is 7.92. The van der Waals surface area contributed by atoms with Crippen LogP contribution in [-0.2, 0) is 10.0 Å². The van der Waals surface area contributed by atoms with Gasteiger partial charge >= 0.3 is 5.69 Å². The normalized spacial score (nSPS) is 11.5. The van der Waals surface area contributed by atoms with Crippen LogP contribution in [0, 0.1) is 0 Å². The summed E-state index contributed by atoms with van der Waals surface area (Å²) in [6.07, 6.45) is 0. The number of H-pyrrole nitrogens is 1. The number of sulfonamides is 1. The molecule has 23 heavy (non-hydrogen) atoms. The summed E-state index contributed by atoms with van der Waals surface area (Å²) in [5, 5.41) is 9.30. The molecular weight excluding hydrogens is 322 g/mol. The van der Waals surface area contributed by atoms with Crippen LogP contribution in [0.15, 0.2) is 63.0 Å². The predicted octanol–water partition coefficient (Wildman–Crippen LogP) is 0.728. The molecule has 0 atom stereocenters. The number of fused-ring (bicyclic) bond motifs is 1. The lowest BCUT2D eigenvalue weighted by Gasteiger charge is -2.09. The Labute approximate surface area is 129 Å². The summed E-state index contributed by atoms with van der Waals surface area (Å²) in [7, 11) is -3.81. The highest BCUT2D eigenvalue weighted by Gasteiger charge is 2.14. The molecule has 0 saturated carbocycles. The van der Waals surface area contributed by atoms with Gasteiger partial charge in [0, 0.05) is 5.69 Å². The molecule has 0 unspecified atom stereocenters. The van der Waals surface area contributed by atoms with E-state index in [-0.39, 0.29) is 26.2 Å². The van der Waals surface area contributed by atoms with Crippen molar-refractivity contribution >= 4 is 26.6 Å². The first kappa shape index (κ1) is 14.9. The van der Waals surface area contributed by atoms with Crippen molar-refractivity contribution in [3.63, 3.8) is 0 Å². The zero-order valence-corrected chi connectivity index (χ0v) is 12.4. The Morgan fingerprint density at radius 1 is 1.04 bits per heavy atom. The lowest BCUT2D eigenvalue weighted by molar-refractivity contribution is 0.162. The van der Waals surface area contributed by atoms with Gasteiger partial charge in [-0.05, 0) is 30.3 Å². The van der Waals surface area contributed by atoms with Crippen LogP contribution in [0.2, 0.25) is 0 Å². The zero-order valence-electron chi connectivity index (χ0n) is 11.6. The smallest absolute Gasteiger partial charge is 0.362 e. The molecule has 0 aliphatic heterocycles. The van der Waals surface area contributed by atoms with E-state index < -0.39 is 21.3 Å². The molecule has 0 spiro atoms. The third-order valence-electron chi connectivity index (χ3n) is 3.18. The van der Waals surface area contributed by atoms with E-state index in [4.69, 9.17) is 0 Å². The number of hydrogen-bond donors (Lipinski definition) is 3. The minimum atomic E-state index is -3.81. The molecule has 3 N–H and O–H groups in total.